The number of rotatable bonds is 2. The van der Waals surface area contributed by atoms with E-state index in [1.54, 1.807) is 0 Å². The smallest absolute Gasteiger partial charge is 0.124 e. The van der Waals surface area contributed by atoms with E-state index in [-0.39, 0.29) is 0 Å². The third kappa shape index (κ3) is 1.22. The van der Waals surface area contributed by atoms with Crippen LogP contribution >= 0.6 is 0 Å². The molecule has 0 amide bonds. The summed E-state index contributed by atoms with van der Waals surface area (Å²) in [7, 11) is 0. The number of hydrogen-bond acceptors (Lipinski definition) is 2. The van der Waals surface area contributed by atoms with Crippen molar-refractivity contribution in [1.29, 1.82) is 0 Å². The number of anilines is 1. The summed E-state index contributed by atoms with van der Waals surface area (Å²) in [6, 6.07) is 2.89. The van der Waals surface area contributed by atoms with Crippen molar-refractivity contribution in [2.75, 3.05) is 11.9 Å². The lowest BCUT2D eigenvalue weighted by atomic mass is 10.1. The van der Waals surface area contributed by atoms with Gasteiger partial charge in [-0.15, -0.1) is 0 Å². The van der Waals surface area contributed by atoms with Gasteiger partial charge in [0.15, 0.2) is 0 Å². The van der Waals surface area contributed by atoms with Gasteiger partial charge < -0.3 is 5.32 Å². The van der Waals surface area contributed by atoms with Crippen molar-refractivity contribution in [2.24, 2.45) is 5.92 Å². The monoisotopic (exact) mass is 191 g/mol. The minimum absolute atomic E-state index is 0.687. The summed E-state index contributed by atoms with van der Waals surface area (Å²) in [5.74, 6) is 2.16. The minimum Gasteiger partial charge on any atom is -0.370 e. The molecule has 1 aromatic rings. The SMILES string of the molecule is CCc1cc2n(n1)C(C1CC1)CCN2. The molecule has 3 rings (SSSR count). The summed E-state index contributed by atoms with van der Waals surface area (Å²) in [5, 5.41) is 8.10. The van der Waals surface area contributed by atoms with E-state index in [2.05, 4.69) is 28.1 Å². The van der Waals surface area contributed by atoms with Gasteiger partial charge in [0.2, 0.25) is 0 Å². The van der Waals surface area contributed by atoms with E-state index in [1.165, 1.54) is 30.8 Å². The second-order valence-corrected chi connectivity index (χ2v) is 4.44. The fraction of sp³-hybridized carbons (Fsp3) is 0.727. The van der Waals surface area contributed by atoms with Crippen LogP contribution in [0.15, 0.2) is 6.07 Å². The maximum absolute atomic E-state index is 4.67. The van der Waals surface area contributed by atoms with Gasteiger partial charge in [0.05, 0.1) is 11.7 Å². The Balaban J connectivity index is 1.95. The molecule has 0 bridgehead atoms. The Morgan fingerprint density at radius 2 is 2.36 bits per heavy atom. The van der Waals surface area contributed by atoms with Crippen molar-refractivity contribution in [3.05, 3.63) is 11.8 Å². The zero-order valence-electron chi connectivity index (χ0n) is 8.66. The Kier molecular flexibility index (Phi) is 1.79. The van der Waals surface area contributed by atoms with Crippen LogP contribution in [0, 0.1) is 5.92 Å². The van der Waals surface area contributed by atoms with E-state index in [1.807, 2.05) is 0 Å². The third-order valence-corrected chi connectivity index (χ3v) is 3.38. The first-order valence-electron chi connectivity index (χ1n) is 5.71. The molecule has 0 spiro atoms. The topological polar surface area (TPSA) is 29.9 Å². The fourth-order valence-electron chi connectivity index (χ4n) is 2.39. The number of aryl methyl sites for hydroxylation is 1. The molecule has 0 saturated heterocycles. The lowest BCUT2D eigenvalue weighted by molar-refractivity contribution is 0.374. The lowest BCUT2D eigenvalue weighted by Gasteiger charge is -2.25. The number of nitrogens with zero attached hydrogens (tertiary/aromatic N) is 2. The maximum atomic E-state index is 4.67. The minimum atomic E-state index is 0.687. The van der Waals surface area contributed by atoms with Crippen LogP contribution < -0.4 is 5.32 Å². The van der Waals surface area contributed by atoms with Gasteiger partial charge in [0.25, 0.3) is 0 Å². The highest BCUT2D eigenvalue weighted by Gasteiger charge is 2.35. The van der Waals surface area contributed by atoms with Crippen LogP contribution in [0.5, 0.6) is 0 Å². The Morgan fingerprint density at radius 1 is 1.50 bits per heavy atom. The van der Waals surface area contributed by atoms with E-state index >= 15 is 0 Å². The van der Waals surface area contributed by atoms with Crippen molar-refractivity contribution in [3.63, 3.8) is 0 Å². The average molecular weight is 191 g/mol. The fourth-order valence-corrected chi connectivity index (χ4v) is 2.39. The Bertz CT molecular complexity index is 338. The first-order chi connectivity index (χ1) is 6.88. The summed E-state index contributed by atoms with van der Waals surface area (Å²) in [5.41, 5.74) is 1.22. The van der Waals surface area contributed by atoms with Gasteiger partial charge in [0, 0.05) is 12.6 Å². The molecule has 1 N–H and O–H groups in total. The zero-order valence-corrected chi connectivity index (χ0v) is 8.66. The van der Waals surface area contributed by atoms with E-state index in [4.69, 9.17) is 0 Å². The predicted octanol–water partition coefficient (Wildman–Crippen LogP) is 2.21. The summed E-state index contributed by atoms with van der Waals surface area (Å²) >= 11 is 0. The first-order valence-corrected chi connectivity index (χ1v) is 5.71. The van der Waals surface area contributed by atoms with Gasteiger partial charge in [-0.25, -0.2) is 4.68 Å². The van der Waals surface area contributed by atoms with E-state index in [0.29, 0.717) is 6.04 Å². The van der Waals surface area contributed by atoms with Gasteiger partial charge in [-0.3, -0.25) is 0 Å². The van der Waals surface area contributed by atoms with E-state index in [9.17, 15) is 0 Å². The lowest BCUT2D eigenvalue weighted by Crippen LogP contribution is -2.24. The first kappa shape index (κ1) is 8.33. The van der Waals surface area contributed by atoms with Gasteiger partial charge in [-0.05, 0) is 31.6 Å². The zero-order chi connectivity index (χ0) is 9.54. The van der Waals surface area contributed by atoms with Crippen molar-refractivity contribution in [2.45, 2.75) is 38.6 Å². The molecule has 1 aromatic heterocycles. The van der Waals surface area contributed by atoms with Crippen molar-refractivity contribution < 1.29 is 0 Å². The Labute approximate surface area is 84.5 Å². The molecule has 0 aromatic carbocycles. The third-order valence-electron chi connectivity index (χ3n) is 3.38. The molecule has 1 fully saturated rings. The number of nitrogens with one attached hydrogen (secondary N) is 1. The molecule has 1 aliphatic carbocycles. The summed E-state index contributed by atoms with van der Waals surface area (Å²) in [4.78, 5) is 0. The van der Waals surface area contributed by atoms with Crippen LogP contribution in [0.2, 0.25) is 0 Å². The largest absolute Gasteiger partial charge is 0.370 e. The normalized spacial score (nSPS) is 25.6. The molecule has 14 heavy (non-hydrogen) atoms. The molecule has 0 radical (unpaired) electrons. The number of fused-ring (bicyclic) bond motifs is 1. The molecule has 1 aliphatic heterocycles. The summed E-state index contributed by atoms with van der Waals surface area (Å²) in [6.07, 6.45) is 5.11. The second-order valence-electron chi connectivity index (χ2n) is 4.44. The Hall–Kier alpha value is -0.990. The van der Waals surface area contributed by atoms with Crippen LogP contribution in [0.3, 0.4) is 0 Å². The van der Waals surface area contributed by atoms with Gasteiger partial charge >= 0.3 is 0 Å². The van der Waals surface area contributed by atoms with Gasteiger partial charge in [-0.1, -0.05) is 6.92 Å². The molecular weight excluding hydrogens is 174 g/mol. The van der Waals surface area contributed by atoms with Crippen LogP contribution in [-0.4, -0.2) is 16.3 Å². The van der Waals surface area contributed by atoms with Crippen LogP contribution in [0.25, 0.3) is 0 Å². The van der Waals surface area contributed by atoms with E-state index < -0.39 is 0 Å². The maximum Gasteiger partial charge on any atom is 0.124 e. The number of aromatic nitrogens is 2. The van der Waals surface area contributed by atoms with Crippen molar-refractivity contribution in [3.8, 4) is 0 Å². The molecular formula is C11H17N3. The highest BCUT2D eigenvalue weighted by atomic mass is 15.4. The predicted molar refractivity (Wildman–Crippen MR) is 56.5 cm³/mol. The highest BCUT2D eigenvalue weighted by Crippen LogP contribution is 2.43. The quantitative estimate of drug-likeness (QED) is 0.776. The van der Waals surface area contributed by atoms with Crippen LogP contribution in [0.1, 0.15) is 37.9 Å². The molecule has 2 heterocycles. The molecule has 2 aliphatic rings. The second kappa shape index (κ2) is 3.01. The Morgan fingerprint density at radius 3 is 3.07 bits per heavy atom. The molecule has 3 nitrogen and oxygen atoms in total. The summed E-state index contributed by atoms with van der Waals surface area (Å²) < 4.78 is 2.24. The van der Waals surface area contributed by atoms with E-state index in [0.717, 1.165) is 18.9 Å². The molecule has 1 unspecified atom stereocenters. The highest BCUT2D eigenvalue weighted by molar-refractivity contribution is 5.39. The van der Waals surface area contributed by atoms with Crippen LogP contribution in [-0.2, 0) is 6.42 Å². The molecule has 1 atom stereocenters. The van der Waals surface area contributed by atoms with Crippen molar-refractivity contribution in [1.82, 2.24) is 9.78 Å². The summed E-state index contributed by atoms with van der Waals surface area (Å²) in [6.45, 7) is 3.29. The number of hydrogen-bond donors (Lipinski definition) is 1. The van der Waals surface area contributed by atoms with Crippen molar-refractivity contribution >= 4 is 5.82 Å². The van der Waals surface area contributed by atoms with Gasteiger partial charge in [-0.2, -0.15) is 5.10 Å². The molecule has 76 valence electrons. The standard InChI is InChI=1S/C11H17N3/c1-2-9-7-11-12-6-5-10(8-3-4-8)14(11)13-9/h7-8,10,12H,2-6H2,1H3. The molecule has 1 saturated carbocycles. The molecule has 3 heteroatoms. The van der Waals surface area contributed by atoms with Gasteiger partial charge in [0.1, 0.15) is 5.82 Å². The average Bonchev–Trinajstić information content (AvgIpc) is 2.96. The van der Waals surface area contributed by atoms with Crippen LogP contribution in [0.4, 0.5) is 5.82 Å².